The van der Waals surface area contributed by atoms with Crippen LogP contribution in [0.4, 0.5) is 0 Å². The summed E-state index contributed by atoms with van der Waals surface area (Å²) in [5.74, 6) is 0.745. The first-order valence-corrected chi connectivity index (χ1v) is 7.53. The molecule has 19 heavy (non-hydrogen) atoms. The van der Waals surface area contributed by atoms with E-state index in [-0.39, 0.29) is 30.0 Å². The Balaban J connectivity index is 2.56. The van der Waals surface area contributed by atoms with Crippen LogP contribution in [0, 0.1) is 11.3 Å². The number of piperidine rings is 1. The second-order valence-electron chi connectivity index (χ2n) is 6.74. The molecular formula is C15H30N2O2. The smallest absolute Gasteiger partial charge is 0.237 e. The molecule has 1 aliphatic heterocycles. The Morgan fingerprint density at radius 2 is 2.16 bits per heavy atom. The van der Waals surface area contributed by atoms with Gasteiger partial charge in [0, 0.05) is 12.6 Å². The molecule has 1 amide bonds. The number of hydrogen-bond donors (Lipinski definition) is 3. The minimum absolute atomic E-state index is 0.0220. The van der Waals surface area contributed by atoms with Gasteiger partial charge in [-0.15, -0.1) is 0 Å². The van der Waals surface area contributed by atoms with Gasteiger partial charge in [0.1, 0.15) is 0 Å². The third-order valence-corrected chi connectivity index (χ3v) is 4.19. The second-order valence-corrected chi connectivity index (χ2v) is 6.74. The van der Waals surface area contributed by atoms with E-state index in [1.807, 2.05) is 0 Å². The van der Waals surface area contributed by atoms with Crippen molar-refractivity contribution in [1.29, 1.82) is 0 Å². The molecule has 0 aromatic heterocycles. The molecule has 3 unspecified atom stereocenters. The molecule has 4 nitrogen and oxygen atoms in total. The molecule has 3 atom stereocenters. The van der Waals surface area contributed by atoms with Crippen LogP contribution in [-0.4, -0.2) is 36.2 Å². The number of rotatable bonds is 5. The highest BCUT2D eigenvalue weighted by atomic mass is 16.3. The zero-order chi connectivity index (χ0) is 14.5. The fourth-order valence-corrected chi connectivity index (χ4v) is 2.69. The van der Waals surface area contributed by atoms with E-state index in [0.29, 0.717) is 12.3 Å². The SMILES string of the molecule is CCC1CCNC(C(=O)NC(CCO)C(C)(C)C)C1. The molecule has 4 heteroatoms. The first-order valence-electron chi connectivity index (χ1n) is 7.53. The molecule has 1 heterocycles. The topological polar surface area (TPSA) is 61.4 Å². The fourth-order valence-electron chi connectivity index (χ4n) is 2.69. The molecule has 0 aromatic carbocycles. The maximum atomic E-state index is 12.3. The highest BCUT2D eigenvalue weighted by Crippen LogP contribution is 2.23. The lowest BCUT2D eigenvalue weighted by molar-refractivity contribution is -0.125. The van der Waals surface area contributed by atoms with Crippen molar-refractivity contribution < 1.29 is 9.90 Å². The number of aliphatic hydroxyl groups is 1. The fraction of sp³-hybridized carbons (Fsp3) is 0.933. The summed E-state index contributed by atoms with van der Waals surface area (Å²) < 4.78 is 0. The molecule has 0 aromatic rings. The molecule has 0 saturated carbocycles. The lowest BCUT2D eigenvalue weighted by Gasteiger charge is -2.34. The normalized spacial score (nSPS) is 25.9. The molecule has 0 spiro atoms. The van der Waals surface area contributed by atoms with Gasteiger partial charge >= 0.3 is 0 Å². The van der Waals surface area contributed by atoms with Gasteiger partial charge in [-0.25, -0.2) is 0 Å². The van der Waals surface area contributed by atoms with Gasteiger partial charge in [0.25, 0.3) is 0 Å². The van der Waals surface area contributed by atoms with Crippen molar-refractivity contribution in [2.24, 2.45) is 11.3 Å². The van der Waals surface area contributed by atoms with E-state index in [1.54, 1.807) is 0 Å². The average Bonchev–Trinajstić information content (AvgIpc) is 2.37. The first-order chi connectivity index (χ1) is 8.88. The minimum atomic E-state index is -0.0674. The van der Waals surface area contributed by atoms with Crippen LogP contribution in [0.15, 0.2) is 0 Å². The summed E-state index contributed by atoms with van der Waals surface area (Å²) in [6, 6.07) is -0.0453. The molecule has 112 valence electrons. The van der Waals surface area contributed by atoms with Crippen LogP contribution in [0.3, 0.4) is 0 Å². The second kappa shape index (κ2) is 7.25. The van der Waals surface area contributed by atoms with Gasteiger partial charge in [0.05, 0.1) is 6.04 Å². The van der Waals surface area contributed by atoms with Crippen LogP contribution in [0.25, 0.3) is 0 Å². The summed E-state index contributed by atoms with van der Waals surface area (Å²) >= 11 is 0. The first kappa shape index (κ1) is 16.4. The minimum Gasteiger partial charge on any atom is -0.396 e. The Hall–Kier alpha value is -0.610. The monoisotopic (exact) mass is 270 g/mol. The summed E-state index contributed by atoms with van der Waals surface area (Å²) in [6.45, 7) is 9.51. The highest BCUT2D eigenvalue weighted by molar-refractivity contribution is 5.82. The van der Waals surface area contributed by atoms with E-state index in [9.17, 15) is 4.79 Å². The Morgan fingerprint density at radius 1 is 1.47 bits per heavy atom. The maximum Gasteiger partial charge on any atom is 0.237 e. The van der Waals surface area contributed by atoms with Crippen molar-refractivity contribution in [2.75, 3.05) is 13.2 Å². The van der Waals surface area contributed by atoms with Gasteiger partial charge in [-0.3, -0.25) is 4.79 Å². The average molecular weight is 270 g/mol. The van der Waals surface area contributed by atoms with E-state index >= 15 is 0 Å². The zero-order valence-corrected chi connectivity index (χ0v) is 12.8. The van der Waals surface area contributed by atoms with Crippen LogP contribution >= 0.6 is 0 Å². The number of aliphatic hydroxyl groups excluding tert-OH is 1. The van der Waals surface area contributed by atoms with Crippen LogP contribution in [0.1, 0.15) is 53.4 Å². The molecule has 0 bridgehead atoms. The predicted octanol–water partition coefficient (Wildman–Crippen LogP) is 1.68. The summed E-state index contributed by atoms with van der Waals surface area (Å²) in [7, 11) is 0. The van der Waals surface area contributed by atoms with E-state index in [1.165, 1.54) is 6.42 Å². The molecule has 1 rings (SSSR count). The van der Waals surface area contributed by atoms with E-state index in [4.69, 9.17) is 5.11 Å². The van der Waals surface area contributed by atoms with Crippen molar-refractivity contribution >= 4 is 5.91 Å². The van der Waals surface area contributed by atoms with Crippen molar-refractivity contribution in [3.63, 3.8) is 0 Å². The molecule has 0 aliphatic carbocycles. The largest absolute Gasteiger partial charge is 0.396 e. The van der Waals surface area contributed by atoms with Gasteiger partial charge in [0.15, 0.2) is 0 Å². The van der Waals surface area contributed by atoms with E-state index < -0.39 is 0 Å². The summed E-state index contributed by atoms with van der Waals surface area (Å²) in [6.07, 6.45) is 3.85. The third-order valence-electron chi connectivity index (χ3n) is 4.19. The number of hydrogen-bond acceptors (Lipinski definition) is 3. The molecule has 1 saturated heterocycles. The third kappa shape index (κ3) is 5.11. The summed E-state index contributed by atoms with van der Waals surface area (Å²) in [5.41, 5.74) is -0.0305. The number of nitrogens with one attached hydrogen (secondary N) is 2. The maximum absolute atomic E-state index is 12.3. The molecule has 1 aliphatic rings. The van der Waals surface area contributed by atoms with Crippen LogP contribution in [0.5, 0.6) is 0 Å². The van der Waals surface area contributed by atoms with Crippen molar-refractivity contribution in [2.45, 2.75) is 65.5 Å². The van der Waals surface area contributed by atoms with Crippen molar-refractivity contribution in [1.82, 2.24) is 10.6 Å². The van der Waals surface area contributed by atoms with Gasteiger partial charge in [-0.05, 0) is 37.1 Å². The van der Waals surface area contributed by atoms with Gasteiger partial charge in [-0.2, -0.15) is 0 Å². The van der Waals surface area contributed by atoms with Crippen molar-refractivity contribution in [3.05, 3.63) is 0 Å². The van der Waals surface area contributed by atoms with E-state index in [2.05, 4.69) is 38.3 Å². The Kier molecular flexibility index (Phi) is 6.27. The quantitative estimate of drug-likeness (QED) is 0.712. The standard InChI is InChI=1S/C15H30N2O2/c1-5-11-6-8-16-12(10-11)14(19)17-13(7-9-18)15(2,3)4/h11-13,16,18H,5-10H2,1-4H3,(H,17,19). The Bertz CT molecular complexity index is 286. The number of amides is 1. The molecule has 3 N–H and O–H groups in total. The number of carbonyl (C=O) groups excluding carboxylic acids is 1. The van der Waals surface area contributed by atoms with Crippen LogP contribution < -0.4 is 10.6 Å². The summed E-state index contributed by atoms with van der Waals surface area (Å²) in [5, 5.41) is 15.6. The van der Waals surface area contributed by atoms with E-state index in [0.717, 1.165) is 19.4 Å². The molecule has 0 radical (unpaired) electrons. The van der Waals surface area contributed by atoms with Crippen LogP contribution in [0.2, 0.25) is 0 Å². The molecule has 1 fully saturated rings. The van der Waals surface area contributed by atoms with Gasteiger partial charge in [-0.1, -0.05) is 34.1 Å². The van der Waals surface area contributed by atoms with Gasteiger partial charge < -0.3 is 15.7 Å². The Morgan fingerprint density at radius 3 is 2.68 bits per heavy atom. The Labute approximate surface area is 117 Å². The summed E-state index contributed by atoms with van der Waals surface area (Å²) in [4.78, 5) is 12.3. The molecular weight excluding hydrogens is 240 g/mol. The lowest BCUT2D eigenvalue weighted by Crippen LogP contribution is -2.54. The number of carbonyl (C=O) groups is 1. The zero-order valence-electron chi connectivity index (χ0n) is 12.8. The van der Waals surface area contributed by atoms with Crippen LogP contribution in [-0.2, 0) is 4.79 Å². The van der Waals surface area contributed by atoms with Gasteiger partial charge in [0.2, 0.25) is 5.91 Å². The lowest BCUT2D eigenvalue weighted by atomic mass is 9.84. The van der Waals surface area contributed by atoms with Crippen molar-refractivity contribution in [3.8, 4) is 0 Å². The highest BCUT2D eigenvalue weighted by Gasteiger charge is 2.30. The predicted molar refractivity (Wildman–Crippen MR) is 77.9 cm³/mol.